The normalized spacial score (nSPS) is 11.6. The van der Waals surface area contributed by atoms with Gasteiger partial charge in [0, 0.05) is 16.3 Å². The maximum atomic E-state index is 6.34. The minimum Gasteiger partial charge on any atom is -0.455 e. The number of rotatable bonds is 3. The van der Waals surface area contributed by atoms with Gasteiger partial charge in [0.25, 0.3) is 0 Å². The van der Waals surface area contributed by atoms with E-state index in [0.29, 0.717) is 0 Å². The van der Waals surface area contributed by atoms with Crippen molar-refractivity contribution in [1.29, 1.82) is 0 Å². The fraction of sp³-hybridized carbons (Fsp3) is 0.0196. The molecule has 11 aromatic rings. The Hall–Kier alpha value is -6.70. The lowest BCUT2D eigenvalue weighted by Crippen LogP contribution is -1.90. The van der Waals surface area contributed by atoms with Gasteiger partial charge in [-0.15, -0.1) is 0 Å². The molecule has 0 saturated carbocycles. The lowest BCUT2D eigenvalue weighted by Gasteiger charge is -2.17. The van der Waals surface area contributed by atoms with Crippen molar-refractivity contribution in [3.63, 3.8) is 0 Å². The van der Waals surface area contributed by atoms with Crippen molar-refractivity contribution in [3.05, 3.63) is 194 Å². The minimum atomic E-state index is 0.925. The molecule has 1 aromatic heterocycles. The predicted molar refractivity (Wildman–Crippen MR) is 222 cm³/mol. The number of hydrogen-bond acceptors (Lipinski definition) is 1. The average Bonchev–Trinajstić information content (AvgIpc) is 3.59. The second kappa shape index (κ2) is 12.3. The van der Waals surface area contributed by atoms with Gasteiger partial charge in [0.05, 0.1) is 0 Å². The van der Waals surface area contributed by atoms with E-state index in [0.717, 1.165) is 33.1 Å². The molecule has 0 radical (unpaired) electrons. The molecule has 0 saturated heterocycles. The standard InChI is InChI=1S/C44H26O.C7H8/c1-2-7-32-26-33(19-12-27(32)6-1)35-23-21-31-18-17-30-20-22-34(38-24-25-39(35)43(31)42(30)38)28-13-15-29(16-14-28)36-9-5-10-40-37-8-3-4-11-41(37)45-44(36)40;1-7-5-3-2-4-6-7/h1-26H;2-6H,1H3. The Morgan fingerprint density at radius 2 is 0.865 bits per heavy atom. The molecule has 0 unspecified atom stereocenters. The van der Waals surface area contributed by atoms with Crippen LogP contribution in [0.4, 0.5) is 0 Å². The van der Waals surface area contributed by atoms with E-state index >= 15 is 0 Å². The molecule has 1 nitrogen and oxygen atoms in total. The summed E-state index contributed by atoms with van der Waals surface area (Å²) in [5, 5.41) is 12.7. The maximum absolute atomic E-state index is 6.34. The number of para-hydroxylation sites is 2. The van der Waals surface area contributed by atoms with Crippen LogP contribution in [-0.4, -0.2) is 0 Å². The summed E-state index contributed by atoms with van der Waals surface area (Å²) in [4.78, 5) is 0. The lowest BCUT2D eigenvalue weighted by molar-refractivity contribution is 0.670. The first-order valence-corrected chi connectivity index (χ1v) is 17.9. The number of aryl methyl sites for hydroxylation is 1. The highest BCUT2D eigenvalue weighted by atomic mass is 16.3. The highest BCUT2D eigenvalue weighted by Crippen LogP contribution is 2.43. The molecule has 0 fully saturated rings. The van der Waals surface area contributed by atoms with E-state index in [4.69, 9.17) is 4.42 Å². The summed E-state index contributed by atoms with van der Waals surface area (Å²) in [6, 6.07) is 67.6. The molecule has 11 rings (SSSR count). The largest absolute Gasteiger partial charge is 0.455 e. The summed E-state index contributed by atoms with van der Waals surface area (Å²) < 4.78 is 6.34. The van der Waals surface area contributed by atoms with Crippen LogP contribution in [0.15, 0.2) is 192 Å². The van der Waals surface area contributed by atoms with Crippen molar-refractivity contribution in [2.24, 2.45) is 0 Å². The van der Waals surface area contributed by atoms with E-state index in [2.05, 4.69) is 165 Å². The van der Waals surface area contributed by atoms with Crippen LogP contribution >= 0.6 is 0 Å². The molecule has 10 aromatic carbocycles. The summed E-state index contributed by atoms with van der Waals surface area (Å²) in [5.41, 5.74) is 10.4. The van der Waals surface area contributed by atoms with E-state index in [1.807, 2.05) is 30.3 Å². The molecule has 0 amide bonds. The topological polar surface area (TPSA) is 13.1 Å². The Labute approximate surface area is 302 Å². The Bertz CT molecular complexity index is 3060. The molecule has 0 bridgehead atoms. The first-order chi connectivity index (χ1) is 25.7. The van der Waals surface area contributed by atoms with Gasteiger partial charge in [-0.05, 0) is 90.0 Å². The highest BCUT2D eigenvalue weighted by Gasteiger charge is 2.16. The first kappa shape index (κ1) is 30.2. The van der Waals surface area contributed by atoms with Crippen molar-refractivity contribution >= 4 is 65.0 Å². The van der Waals surface area contributed by atoms with Gasteiger partial charge in [0.2, 0.25) is 0 Å². The van der Waals surface area contributed by atoms with E-state index in [1.165, 1.54) is 70.9 Å². The van der Waals surface area contributed by atoms with Crippen molar-refractivity contribution in [2.45, 2.75) is 6.92 Å². The fourth-order valence-corrected chi connectivity index (χ4v) is 8.00. The molecule has 1 heteroatoms. The summed E-state index contributed by atoms with van der Waals surface area (Å²) in [6.45, 7) is 2.08. The molecule has 244 valence electrons. The number of fused-ring (bicyclic) bond motifs is 4. The van der Waals surface area contributed by atoms with Crippen LogP contribution in [0.1, 0.15) is 5.56 Å². The van der Waals surface area contributed by atoms with Gasteiger partial charge in [-0.3, -0.25) is 0 Å². The van der Waals surface area contributed by atoms with Crippen LogP contribution in [0, 0.1) is 6.92 Å². The third kappa shape index (κ3) is 5.01. The molecule has 0 N–H and O–H groups in total. The van der Waals surface area contributed by atoms with Crippen LogP contribution in [-0.2, 0) is 0 Å². The molecule has 52 heavy (non-hydrogen) atoms. The third-order valence-corrected chi connectivity index (χ3v) is 10.6. The Morgan fingerprint density at radius 3 is 1.56 bits per heavy atom. The molecule has 0 aliphatic rings. The lowest BCUT2D eigenvalue weighted by atomic mass is 9.87. The zero-order chi connectivity index (χ0) is 34.6. The molecule has 0 atom stereocenters. The van der Waals surface area contributed by atoms with Gasteiger partial charge in [0.1, 0.15) is 11.2 Å². The van der Waals surface area contributed by atoms with E-state index in [1.54, 1.807) is 0 Å². The van der Waals surface area contributed by atoms with Gasteiger partial charge < -0.3 is 4.42 Å². The third-order valence-electron chi connectivity index (χ3n) is 10.6. The van der Waals surface area contributed by atoms with Gasteiger partial charge in [0.15, 0.2) is 0 Å². The highest BCUT2D eigenvalue weighted by molar-refractivity contribution is 6.27. The minimum absolute atomic E-state index is 0.925. The monoisotopic (exact) mass is 662 g/mol. The van der Waals surface area contributed by atoms with Crippen molar-refractivity contribution in [1.82, 2.24) is 0 Å². The van der Waals surface area contributed by atoms with Gasteiger partial charge in [-0.2, -0.15) is 0 Å². The van der Waals surface area contributed by atoms with Crippen molar-refractivity contribution in [3.8, 4) is 33.4 Å². The Balaban J connectivity index is 0.000000436. The zero-order valence-corrected chi connectivity index (χ0v) is 28.8. The van der Waals surface area contributed by atoms with Crippen LogP contribution in [0.25, 0.3) is 98.4 Å². The summed E-state index contributed by atoms with van der Waals surface area (Å²) in [6.07, 6.45) is 0. The van der Waals surface area contributed by atoms with Crippen LogP contribution in [0.5, 0.6) is 0 Å². The maximum Gasteiger partial charge on any atom is 0.143 e. The Kier molecular flexibility index (Phi) is 7.11. The molecular weight excluding hydrogens is 629 g/mol. The fourth-order valence-electron chi connectivity index (χ4n) is 8.00. The smallest absolute Gasteiger partial charge is 0.143 e. The van der Waals surface area contributed by atoms with E-state index in [-0.39, 0.29) is 0 Å². The SMILES string of the molecule is Cc1ccccc1.c1ccc2cc(-c3ccc4ccc5ccc(-c6ccc(-c7cccc8c7oc7ccccc78)cc6)c6ccc3c4c56)ccc2c1. The molecule has 0 aliphatic carbocycles. The molecule has 1 heterocycles. The summed E-state index contributed by atoms with van der Waals surface area (Å²) in [7, 11) is 0. The average molecular weight is 663 g/mol. The quantitative estimate of drug-likeness (QED) is 0.172. The number of furan rings is 1. The van der Waals surface area contributed by atoms with E-state index in [9.17, 15) is 0 Å². The first-order valence-electron chi connectivity index (χ1n) is 17.9. The Morgan fingerprint density at radius 1 is 0.327 bits per heavy atom. The van der Waals surface area contributed by atoms with Gasteiger partial charge in [-0.1, -0.05) is 181 Å². The second-order valence-corrected chi connectivity index (χ2v) is 13.7. The molecular formula is C51H34O. The van der Waals surface area contributed by atoms with Crippen molar-refractivity contribution in [2.75, 3.05) is 0 Å². The summed E-state index contributed by atoms with van der Waals surface area (Å²) >= 11 is 0. The van der Waals surface area contributed by atoms with Crippen molar-refractivity contribution < 1.29 is 4.42 Å². The predicted octanol–water partition coefficient (Wildman–Crippen LogP) is 14.6. The number of benzene rings is 10. The molecule has 0 spiro atoms. The van der Waals surface area contributed by atoms with Gasteiger partial charge >= 0.3 is 0 Å². The van der Waals surface area contributed by atoms with Crippen LogP contribution in [0.2, 0.25) is 0 Å². The number of hydrogen-bond donors (Lipinski definition) is 0. The molecule has 0 aliphatic heterocycles. The zero-order valence-electron chi connectivity index (χ0n) is 28.8. The van der Waals surface area contributed by atoms with Gasteiger partial charge in [-0.25, -0.2) is 0 Å². The second-order valence-electron chi connectivity index (χ2n) is 13.7. The summed E-state index contributed by atoms with van der Waals surface area (Å²) in [5.74, 6) is 0. The van der Waals surface area contributed by atoms with E-state index < -0.39 is 0 Å². The van der Waals surface area contributed by atoms with Crippen LogP contribution < -0.4 is 0 Å². The van der Waals surface area contributed by atoms with Crippen LogP contribution in [0.3, 0.4) is 0 Å².